The molecule has 0 aliphatic carbocycles. The van der Waals surface area contributed by atoms with Crippen molar-refractivity contribution in [2.45, 2.75) is 12.1 Å². The molecule has 0 saturated heterocycles. The van der Waals surface area contributed by atoms with Crippen LogP contribution in [0.3, 0.4) is 0 Å². The summed E-state index contributed by atoms with van der Waals surface area (Å²) in [7, 11) is 3.02. The molecule has 0 aliphatic heterocycles. The lowest BCUT2D eigenvalue weighted by Crippen LogP contribution is -2.15. The minimum Gasteiger partial charge on any atom is -0.497 e. The summed E-state index contributed by atoms with van der Waals surface area (Å²) in [5.74, 6) is 0.966. The van der Waals surface area contributed by atoms with Gasteiger partial charge in [0.15, 0.2) is 10.9 Å². The molecule has 7 nitrogen and oxygen atoms in total. The second kappa shape index (κ2) is 7.08. The third-order valence-corrected chi connectivity index (χ3v) is 3.74. The van der Waals surface area contributed by atoms with Gasteiger partial charge in [0.25, 0.3) is 5.56 Å². The number of nitrogens with one attached hydrogen (secondary N) is 1. The van der Waals surface area contributed by atoms with Gasteiger partial charge in [-0.2, -0.15) is 10.1 Å². The highest BCUT2D eigenvalue weighted by Crippen LogP contribution is 2.26. The zero-order valence-electron chi connectivity index (χ0n) is 12.4. The number of rotatable bonds is 6. The molecule has 0 atom stereocenters. The first kappa shape index (κ1) is 16.0. The van der Waals surface area contributed by atoms with Crippen LogP contribution in [0.1, 0.15) is 16.1 Å². The summed E-state index contributed by atoms with van der Waals surface area (Å²) in [6.45, 7) is 1.56. The lowest BCUT2D eigenvalue weighted by Gasteiger charge is -2.09. The third-order valence-electron chi connectivity index (χ3n) is 2.88. The van der Waals surface area contributed by atoms with Gasteiger partial charge in [0.05, 0.1) is 25.5 Å². The fourth-order valence-corrected chi connectivity index (χ4v) is 2.37. The van der Waals surface area contributed by atoms with Gasteiger partial charge in [0.2, 0.25) is 0 Å². The molecule has 0 spiro atoms. The Balaban J connectivity index is 2.14. The van der Waals surface area contributed by atoms with Crippen LogP contribution >= 0.6 is 11.8 Å². The molecule has 0 saturated carbocycles. The number of hydrogen-bond donors (Lipinski definition) is 1. The van der Waals surface area contributed by atoms with E-state index >= 15 is 0 Å². The van der Waals surface area contributed by atoms with E-state index < -0.39 is 5.56 Å². The van der Waals surface area contributed by atoms with E-state index in [1.54, 1.807) is 25.1 Å². The SMILES string of the molecule is COc1ccc(OC)c(C(=O)CSc2nc(=O)c(C)n[nH]2)c1. The lowest BCUT2D eigenvalue weighted by molar-refractivity contribution is 0.101. The van der Waals surface area contributed by atoms with E-state index in [9.17, 15) is 9.59 Å². The molecule has 0 unspecified atom stereocenters. The van der Waals surface area contributed by atoms with Crippen molar-refractivity contribution in [1.29, 1.82) is 0 Å². The Labute approximate surface area is 131 Å². The second-order valence-corrected chi connectivity index (χ2v) is 5.27. The molecular weight excluding hydrogens is 306 g/mol. The number of benzene rings is 1. The van der Waals surface area contributed by atoms with Crippen LogP contribution in [0.15, 0.2) is 28.2 Å². The summed E-state index contributed by atoms with van der Waals surface area (Å²) >= 11 is 1.10. The van der Waals surface area contributed by atoms with Crippen molar-refractivity contribution in [1.82, 2.24) is 15.2 Å². The maximum atomic E-state index is 12.3. The van der Waals surface area contributed by atoms with Crippen LogP contribution < -0.4 is 15.0 Å². The van der Waals surface area contributed by atoms with Crippen molar-refractivity contribution in [3.05, 3.63) is 39.8 Å². The minimum absolute atomic E-state index is 0.0945. The van der Waals surface area contributed by atoms with Crippen LogP contribution in [0.25, 0.3) is 0 Å². The quantitative estimate of drug-likeness (QED) is 0.636. The number of carbonyl (C=O) groups is 1. The molecule has 2 rings (SSSR count). The van der Waals surface area contributed by atoms with Crippen LogP contribution in [-0.2, 0) is 0 Å². The predicted molar refractivity (Wildman–Crippen MR) is 82.0 cm³/mol. The van der Waals surface area contributed by atoms with Crippen molar-refractivity contribution in [3.8, 4) is 11.5 Å². The van der Waals surface area contributed by atoms with E-state index in [4.69, 9.17) is 9.47 Å². The van der Waals surface area contributed by atoms with Gasteiger partial charge in [0, 0.05) is 0 Å². The first-order valence-electron chi connectivity index (χ1n) is 6.36. The molecule has 8 heteroatoms. The smallest absolute Gasteiger partial charge is 0.295 e. The molecule has 1 N–H and O–H groups in total. The zero-order valence-corrected chi connectivity index (χ0v) is 13.2. The number of aromatic amines is 1. The monoisotopic (exact) mass is 321 g/mol. The number of thioether (sulfide) groups is 1. The average Bonchev–Trinajstić information content (AvgIpc) is 2.55. The predicted octanol–water partition coefficient (Wildman–Crippen LogP) is 1.47. The number of nitrogens with zero attached hydrogens (tertiary/aromatic N) is 2. The molecule has 0 bridgehead atoms. The van der Waals surface area contributed by atoms with Crippen LogP contribution in [-0.4, -0.2) is 40.9 Å². The van der Waals surface area contributed by atoms with Gasteiger partial charge < -0.3 is 9.47 Å². The van der Waals surface area contributed by atoms with Crippen molar-refractivity contribution in [2.24, 2.45) is 0 Å². The standard InChI is InChI=1S/C14H15N3O4S/c1-8-13(19)15-14(17-16-8)22-7-11(18)10-6-9(20-2)4-5-12(10)21-3/h4-6H,7H2,1-3H3,(H,15,17,19). The number of H-pyrrole nitrogens is 1. The Morgan fingerprint density at radius 1 is 1.32 bits per heavy atom. The van der Waals surface area contributed by atoms with Gasteiger partial charge >= 0.3 is 0 Å². The summed E-state index contributed by atoms with van der Waals surface area (Å²) in [6.07, 6.45) is 0. The van der Waals surface area contributed by atoms with E-state index in [0.717, 1.165) is 11.8 Å². The third kappa shape index (κ3) is 3.64. The van der Waals surface area contributed by atoms with Crippen LogP contribution in [0, 0.1) is 6.92 Å². The minimum atomic E-state index is -0.410. The zero-order chi connectivity index (χ0) is 16.1. The molecule has 1 heterocycles. The van der Waals surface area contributed by atoms with Crippen molar-refractivity contribution >= 4 is 17.5 Å². The Morgan fingerprint density at radius 3 is 2.73 bits per heavy atom. The number of carbonyl (C=O) groups excluding carboxylic acids is 1. The van der Waals surface area contributed by atoms with Crippen LogP contribution in [0.5, 0.6) is 11.5 Å². The highest BCUT2D eigenvalue weighted by Gasteiger charge is 2.15. The molecule has 0 radical (unpaired) electrons. The second-order valence-electron chi connectivity index (χ2n) is 4.31. The molecule has 0 aliphatic rings. The Bertz CT molecular complexity index is 745. The maximum Gasteiger partial charge on any atom is 0.295 e. The number of hydrogen-bond acceptors (Lipinski definition) is 7. The average molecular weight is 321 g/mol. The van der Waals surface area contributed by atoms with Gasteiger partial charge in [-0.25, -0.2) is 0 Å². The number of ketones is 1. The van der Waals surface area contributed by atoms with Gasteiger partial charge in [-0.05, 0) is 25.1 Å². The summed E-state index contributed by atoms with van der Waals surface area (Å²) in [5, 5.41) is 6.74. The van der Waals surface area contributed by atoms with Crippen molar-refractivity contribution in [3.63, 3.8) is 0 Å². The molecule has 116 valence electrons. The summed E-state index contributed by atoms with van der Waals surface area (Å²) < 4.78 is 10.3. The van der Waals surface area contributed by atoms with Gasteiger partial charge in [-0.15, -0.1) is 0 Å². The maximum absolute atomic E-state index is 12.3. The van der Waals surface area contributed by atoms with E-state index in [-0.39, 0.29) is 17.2 Å². The number of Topliss-reactive ketones (excluding diaryl/α,β-unsaturated/α-hetero) is 1. The molecule has 0 amide bonds. The topological polar surface area (TPSA) is 94.2 Å². The molecule has 2 aromatic rings. The van der Waals surface area contributed by atoms with E-state index in [0.29, 0.717) is 22.2 Å². The lowest BCUT2D eigenvalue weighted by atomic mass is 10.1. The summed E-state index contributed by atoms with van der Waals surface area (Å²) in [6, 6.07) is 5.00. The molecule has 0 fully saturated rings. The number of methoxy groups -OCH3 is 2. The normalized spacial score (nSPS) is 10.3. The Morgan fingerprint density at radius 2 is 2.09 bits per heavy atom. The van der Waals surface area contributed by atoms with Gasteiger partial charge in [-0.3, -0.25) is 14.7 Å². The highest BCUT2D eigenvalue weighted by molar-refractivity contribution is 7.99. The molecule has 1 aromatic heterocycles. The highest BCUT2D eigenvalue weighted by atomic mass is 32.2. The Kier molecular flexibility index (Phi) is 5.16. The molecule has 1 aromatic carbocycles. The summed E-state index contributed by atoms with van der Waals surface area (Å²) in [4.78, 5) is 27.5. The van der Waals surface area contributed by atoms with Gasteiger partial charge in [-0.1, -0.05) is 11.8 Å². The van der Waals surface area contributed by atoms with Crippen molar-refractivity contribution in [2.75, 3.05) is 20.0 Å². The molecular formula is C14H15N3O4S. The Hall–Kier alpha value is -2.35. The fraction of sp³-hybridized carbons (Fsp3) is 0.286. The number of aryl methyl sites for hydroxylation is 1. The molecule has 22 heavy (non-hydrogen) atoms. The number of aromatic nitrogens is 3. The van der Waals surface area contributed by atoms with E-state index in [1.165, 1.54) is 14.2 Å². The van der Waals surface area contributed by atoms with E-state index in [1.807, 2.05) is 0 Å². The van der Waals surface area contributed by atoms with Crippen molar-refractivity contribution < 1.29 is 14.3 Å². The summed E-state index contributed by atoms with van der Waals surface area (Å²) in [5.41, 5.74) is 0.287. The van der Waals surface area contributed by atoms with Crippen LogP contribution in [0.2, 0.25) is 0 Å². The van der Waals surface area contributed by atoms with Gasteiger partial charge in [0.1, 0.15) is 17.2 Å². The first-order chi connectivity index (χ1) is 10.5. The number of ether oxygens (including phenoxy) is 2. The van der Waals surface area contributed by atoms with Crippen LogP contribution in [0.4, 0.5) is 0 Å². The first-order valence-corrected chi connectivity index (χ1v) is 7.35. The largest absolute Gasteiger partial charge is 0.497 e. The van der Waals surface area contributed by atoms with E-state index in [2.05, 4.69) is 15.2 Å². The fourth-order valence-electron chi connectivity index (χ4n) is 1.69.